The molecule has 0 fully saturated rings. The van der Waals surface area contributed by atoms with E-state index in [1.807, 2.05) is 19.9 Å². The van der Waals surface area contributed by atoms with Crippen LogP contribution in [0.1, 0.15) is 38.1 Å². The number of ether oxygens (including phenoxy) is 1. The van der Waals surface area contributed by atoms with Crippen LogP contribution in [-0.4, -0.2) is 19.3 Å². The maximum absolute atomic E-state index is 13.3. The fourth-order valence-electron chi connectivity index (χ4n) is 2.06. The molecule has 2 rings (SSSR count). The molecular formula is C16H22FNOS. The fraction of sp³-hybridized carbons (Fsp3) is 0.500. The highest BCUT2D eigenvalue weighted by Gasteiger charge is 2.15. The van der Waals surface area contributed by atoms with Crippen LogP contribution in [0.5, 0.6) is 0 Å². The van der Waals surface area contributed by atoms with E-state index in [1.54, 1.807) is 17.4 Å². The summed E-state index contributed by atoms with van der Waals surface area (Å²) in [4.78, 5) is 1.21. The summed E-state index contributed by atoms with van der Waals surface area (Å²) in [6.45, 7) is 7.82. The zero-order chi connectivity index (χ0) is 14.5. The number of hydrogen-bond acceptors (Lipinski definition) is 3. The number of hydrogen-bond donors (Lipinski definition) is 1. The minimum absolute atomic E-state index is 0.179. The van der Waals surface area contributed by atoms with Crippen molar-refractivity contribution >= 4 is 21.4 Å². The van der Waals surface area contributed by atoms with E-state index in [-0.39, 0.29) is 18.0 Å². The maximum atomic E-state index is 13.3. The third-order valence-corrected chi connectivity index (χ3v) is 4.31. The summed E-state index contributed by atoms with van der Waals surface area (Å²) in [6, 6.07) is 7.20. The molecule has 0 saturated heterocycles. The first-order valence-corrected chi connectivity index (χ1v) is 7.95. The van der Waals surface area contributed by atoms with Gasteiger partial charge in [-0.3, -0.25) is 0 Å². The molecule has 1 aromatic carbocycles. The summed E-state index contributed by atoms with van der Waals surface area (Å²) in [7, 11) is 0. The first kappa shape index (κ1) is 15.4. The average Bonchev–Trinajstić information content (AvgIpc) is 2.81. The van der Waals surface area contributed by atoms with Gasteiger partial charge in [0, 0.05) is 9.58 Å². The fourth-order valence-corrected chi connectivity index (χ4v) is 3.16. The third kappa shape index (κ3) is 4.01. The predicted octanol–water partition coefficient (Wildman–Crippen LogP) is 4.51. The van der Waals surface area contributed by atoms with Crippen LogP contribution in [0.25, 0.3) is 10.1 Å². The van der Waals surface area contributed by atoms with Crippen molar-refractivity contribution in [1.29, 1.82) is 0 Å². The Hall–Kier alpha value is -0.970. The Morgan fingerprint density at radius 3 is 2.80 bits per heavy atom. The minimum atomic E-state index is -0.182. The first-order valence-electron chi connectivity index (χ1n) is 7.14. The Morgan fingerprint density at radius 2 is 2.10 bits per heavy atom. The van der Waals surface area contributed by atoms with Crippen molar-refractivity contribution in [3.05, 3.63) is 35.0 Å². The lowest BCUT2D eigenvalue weighted by Gasteiger charge is -2.18. The molecule has 0 aliphatic heterocycles. The molecule has 0 saturated carbocycles. The number of benzene rings is 1. The second kappa shape index (κ2) is 7.16. The third-order valence-electron chi connectivity index (χ3n) is 3.08. The van der Waals surface area contributed by atoms with E-state index in [2.05, 4.69) is 18.3 Å². The molecule has 1 heterocycles. The van der Waals surface area contributed by atoms with Crippen LogP contribution >= 0.6 is 11.3 Å². The molecule has 0 aliphatic carbocycles. The Labute approximate surface area is 124 Å². The van der Waals surface area contributed by atoms with Crippen molar-refractivity contribution in [2.24, 2.45) is 0 Å². The van der Waals surface area contributed by atoms with Gasteiger partial charge >= 0.3 is 0 Å². The van der Waals surface area contributed by atoms with E-state index in [1.165, 1.54) is 10.9 Å². The molecule has 20 heavy (non-hydrogen) atoms. The smallest absolute Gasteiger partial charge is 0.123 e. The van der Waals surface area contributed by atoms with Crippen LogP contribution < -0.4 is 5.32 Å². The van der Waals surface area contributed by atoms with Gasteiger partial charge in [0.05, 0.1) is 18.8 Å². The summed E-state index contributed by atoms with van der Waals surface area (Å²) >= 11 is 1.71. The predicted molar refractivity (Wildman–Crippen MR) is 83.9 cm³/mol. The van der Waals surface area contributed by atoms with Gasteiger partial charge in [0.1, 0.15) is 5.82 Å². The quantitative estimate of drug-likeness (QED) is 0.811. The number of nitrogens with one attached hydrogen (secondary N) is 1. The van der Waals surface area contributed by atoms with Gasteiger partial charge in [-0.15, -0.1) is 11.3 Å². The van der Waals surface area contributed by atoms with Gasteiger partial charge < -0.3 is 10.1 Å². The topological polar surface area (TPSA) is 21.3 Å². The Bertz CT molecular complexity index is 552. The van der Waals surface area contributed by atoms with Gasteiger partial charge in [0.2, 0.25) is 0 Å². The molecule has 0 aliphatic rings. The molecule has 2 nitrogen and oxygen atoms in total. The van der Waals surface area contributed by atoms with Crippen molar-refractivity contribution < 1.29 is 9.13 Å². The molecule has 110 valence electrons. The molecule has 4 heteroatoms. The Balaban J connectivity index is 2.20. The van der Waals surface area contributed by atoms with Crippen molar-refractivity contribution in [3.8, 4) is 0 Å². The molecule has 1 atom stereocenters. The van der Waals surface area contributed by atoms with Crippen LogP contribution in [0.2, 0.25) is 0 Å². The van der Waals surface area contributed by atoms with E-state index in [4.69, 9.17) is 4.74 Å². The summed E-state index contributed by atoms with van der Waals surface area (Å²) in [5.41, 5.74) is 0. The summed E-state index contributed by atoms with van der Waals surface area (Å²) in [5.74, 6) is -0.182. The maximum Gasteiger partial charge on any atom is 0.123 e. The van der Waals surface area contributed by atoms with Gasteiger partial charge in [-0.1, -0.05) is 6.92 Å². The minimum Gasteiger partial charge on any atom is -0.377 e. The lowest BCUT2D eigenvalue weighted by atomic mass is 10.2. The highest BCUT2D eigenvalue weighted by atomic mass is 32.1. The van der Waals surface area contributed by atoms with Crippen molar-refractivity contribution in [3.63, 3.8) is 0 Å². The van der Waals surface area contributed by atoms with Crippen LogP contribution in [0.3, 0.4) is 0 Å². The van der Waals surface area contributed by atoms with E-state index in [0.29, 0.717) is 6.61 Å². The second-order valence-electron chi connectivity index (χ2n) is 5.22. The van der Waals surface area contributed by atoms with Crippen molar-refractivity contribution in [2.75, 3.05) is 13.2 Å². The number of rotatable bonds is 7. The van der Waals surface area contributed by atoms with Crippen LogP contribution in [0, 0.1) is 5.82 Å². The zero-order valence-electron chi connectivity index (χ0n) is 12.3. The Morgan fingerprint density at radius 1 is 1.30 bits per heavy atom. The molecule has 0 spiro atoms. The molecule has 1 N–H and O–H groups in total. The summed E-state index contributed by atoms with van der Waals surface area (Å²) in [5, 5.41) is 4.48. The van der Waals surface area contributed by atoms with Crippen molar-refractivity contribution in [2.45, 2.75) is 39.3 Å². The van der Waals surface area contributed by atoms with E-state index < -0.39 is 0 Å². The standard InChI is InChI=1S/C16H22FNOS/c1-4-7-18-14(10-19-11(2)3)16-9-12-8-13(17)5-6-15(12)20-16/h5-6,8-9,11,14,18H,4,7,10H2,1-3H3. The average molecular weight is 295 g/mol. The van der Waals surface area contributed by atoms with E-state index >= 15 is 0 Å². The lowest BCUT2D eigenvalue weighted by Crippen LogP contribution is -2.26. The van der Waals surface area contributed by atoms with Gasteiger partial charge in [-0.05, 0) is 56.5 Å². The SMILES string of the molecule is CCCNC(COC(C)C)c1cc2cc(F)ccc2s1. The molecular weight excluding hydrogens is 273 g/mol. The van der Waals surface area contributed by atoms with Gasteiger partial charge in [0.25, 0.3) is 0 Å². The first-order chi connectivity index (χ1) is 9.60. The van der Waals surface area contributed by atoms with E-state index in [9.17, 15) is 4.39 Å². The molecule has 2 aromatic rings. The van der Waals surface area contributed by atoms with Crippen LogP contribution in [0.4, 0.5) is 4.39 Å². The molecule has 0 bridgehead atoms. The second-order valence-corrected chi connectivity index (χ2v) is 6.34. The molecule has 1 unspecified atom stereocenters. The van der Waals surface area contributed by atoms with Crippen LogP contribution in [0.15, 0.2) is 24.3 Å². The molecule has 1 aromatic heterocycles. The highest BCUT2D eigenvalue weighted by Crippen LogP contribution is 2.30. The summed E-state index contributed by atoms with van der Waals surface area (Å²) in [6.07, 6.45) is 1.30. The number of thiophene rings is 1. The largest absolute Gasteiger partial charge is 0.377 e. The van der Waals surface area contributed by atoms with E-state index in [0.717, 1.165) is 23.1 Å². The Kier molecular flexibility index (Phi) is 5.52. The zero-order valence-corrected chi connectivity index (χ0v) is 13.1. The number of halogens is 1. The molecule has 0 amide bonds. The highest BCUT2D eigenvalue weighted by molar-refractivity contribution is 7.19. The van der Waals surface area contributed by atoms with Gasteiger partial charge in [-0.2, -0.15) is 0 Å². The van der Waals surface area contributed by atoms with Crippen LogP contribution in [-0.2, 0) is 4.74 Å². The van der Waals surface area contributed by atoms with Gasteiger partial charge in [0.15, 0.2) is 0 Å². The van der Waals surface area contributed by atoms with Crippen molar-refractivity contribution in [1.82, 2.24) is 5.32 Å². The normalized spacial score (nSPS) is 13.2. The van der Waals surface area contributed by atoms with Gasteiger partial charge in [-0.25, -0.2) is 4.39 Å². The monoisotopic (exact) mass is 295 g/mol. The number of fused-ring (bicyclic) bond motifs is 1. The molecule has 0 radical (unpaired) electrons. The summed E-state index contributed by atoms with van der Waals surface area (Å²) < 4.78 is 20.1. The lowest BCUT2D eigenvalue weighted by molar-refractivity contribution is 0.0618.